The van der Waals surface area contributed by atoms with E-state index in [1.165, 1.54) is 16.7 Å². The minimum absolute atomic E-state index is 0.161. The number of alkyl halides is 1. The first-order valence-corrected chi connectivity index (χ1v) is 14.1. The van der Waals surface area contributed by atoms with Crippen molar-refractivity contribution in [3.63, 3.8) is 0 Å². The Hall–Kier alpha value is -2.33. The number of carboxylic acid groups (broad SMARTS) is 1. The van der Waals surface area contributed by atoms with Gasteiger partial charge in [-0.2, -0.15) is 0 Å². The van der Waals surface area contributed by atoms with Gasteiger partial charge in [-0.15, -0.1) is 18.3 Å². The van der Waals surface area contributed by atoms with Crippen LogP contribution in [0.25, 0.3) is 0 Å². The molecule has 5 rings (SSSR count). The van der Waals surface area contributed by atoms with Crippen LogP contribution >= 0.6 is 39.3 Å². The van der Waals surface area contributed by atoms with Crippen LogP contribution in [0.3, 0.4) is 0 Å². The number of hydrogen-bond donors (Lipinski definition) is 2. The standard InChI is InChI=1S/C27H26BrClN2O5S/c1-2-12-30(17-10-8-16(29)9-11-17)25(34)23-27-13-18(28)22(37-27)20(26(35)36)21(27)24(33)31(23)19(14-32)15-6-4-3-5-7-15/h2-11,18-23,32H,1,12-14H2,(H,35,36)/t18?,19-,20-,21+,22-,23?,27?/m1/s1. The van der Waals surface area contributed by atoms with Crippen LogP contribution in [-0.4, -0.2) is 66.9 Å². The number of amides is 2. The van der Waals surface area contributed by atoms with E-state index in [0.29, 0.717) is 22.7 Å². The summed E-state index contributed by atoms with van der Waals surface area (Å²) in [5, 5.41) is 20.9. The zero-order valence-electron chi connectivity index (χ0n) is 19.7. The molecule has 2 N–H and O–H groups in total. The van der Waals surface area contributed by atoms with Crippen LogP contribution in [0.2, 0.25) is 5.02 Å². The molecule has 3 heterocycles. The van der Waals surface area contributed by atoms with Crippen molar-refractivity contribution in [2.24, 2.45) is 11.8 Å². The fourth-order valence-corrected chi connectivity index (χ4v) is 9.93. The predicted molar refractivity (Wildman–Crippen MR) is 147 cm³/mol. The third-order valence-electron chi connectivity index (χ3n) is 7.66. The number of aliphatic hydroxyl groups excluding tert-OH is 1. The SMILES string of the molecule is C=CCN(C(=O)C1N([C@H](CO)c2ccccc2)C(=O)[C@@H]2[C@@H](C(=O)O)[C@@H]3SC12CC3Br)c1ccc(Cl)cc1. The zero-order chi connectivity index (χ0) is 26.5. The third kappa shape index (κ3) is 4.11. The molecule has 3 unspecified atom stereocenters. The summed E-state index contributed by atoms with van der Waals surface area (Å²) in [7, 11) is 0. The van der Waals surface area contributed by atoms with Gasteiger partial charge in [0.25, 0.3) is 5.91 Å². The highest BCUT2D eigenvalue weighted by molar-refractivity contribution is 9.09. The maximum absolute atomic E-state index is 14.5. The number of benzene rings is 2. The molecule has 7 atom stereocenters. The maximum atomic E-state index is 14.5. The summed E-state index contributed by atoms with van der Waals surface area (Å²) >= 11 is 11.2. The largest absolute Gasteiger partial charge is 0.481 e. The predicted octanol–water partition coefficient (Wildman–Crippen LogP) is 4.14. The molecule has 194 valence electrons. The van der Waals surface area contributed by atoms with Crippen LogP contribution in [0.4, 0.5) is 5.69 Å². The summed E-state index contributed by atoms with van der Waals surface area (Å²) < 4.78 is -0.954. The fraction of sp³-hybridized carbons (Fsp3) is 0.370. The minimum Gasteiger partial charge on any atom is -0.481 e. The van der Waals surface area contributed by atoms with Gasteiger partial charge in [-0.1, -0.05) is 63.9 Å². The second-order valence-electron chi connectivity index (χ2n) is 9.57. The number of hydrogen-bond acceptors (Lipinski definition) is 5. The van der Waals surface area contributed by atoms with Gasteiger partial charge in [0.2, 0.25) is 5.91 Å². The van der Waals surface area contributed by atoms with E-state index in [0.717, 1.165) is 0 Å². The van der Waals surface area contributed by atoms with E-state index in [1.54, 1.807) is 59.5 Å². The summed E-state index contributed by atoms with van der Waals surface area (Å²) in [6.45, 7) is 3.59. The molecule has 0 radical (unpaired) electrons. The van der Waals surface area contributed by atoms with Crippen LogP contribution in [0.15, 0.2) is 67.3 Å². The molecular formula is C27H26BrClN2O5S. The van der Waals surface area contributed by atoms with Crippen molar-refractivity contribution in [2.45, 2.75) is 33.3 Å². The van der Waals surface area contributed by atoms with Gasteiger partial charge in [-0.25, -0.2) is 0 Å². The number of aliphatic carboxylic acids is 1. The molecule has 1 spiro atoms. The summed E-state index contributed by atoms with van der Waals surface area (Å²) in [6.07, 6.45) is 2.07. The molecule has 2 bridgehead atoms. The maximum Gasteiger partial charge on any atom is 0.308 e. The van der Waals surface area contributed by atoms with Crippen molar-refractivity contribution in [3.05, 3.63) is 77.8 Å². The average molecular weight is 606 g/mol. The lowest BCUT2D eigenvalue weighted by molar-refractivity contribution is -0.149. The molecule has 0 saturated carbocycles. The Morgan fingerprint density at radius 1 is 1.24 bits per heavy atom. The normalized spacial score (nSPS) is 30.7. The van der Waals surface area contributed by atoms with Crippen molar-refractivity contribution in [1.29, 1.82) is 0 Å². The number of aliphatic hydroxyl groups is 1. The number of fused-ring (bicyclic) bond motifs is 1. The van der Waals surface area contributed by atoms with Gasteiger partial charge in [0.15, 0.2) is 0 Å². The Bertz CT molecular complexity index is 1230. The van der Waals surface area contributed by atoms with Crippen LogP contribution in [0.1, 0.15) is 18.0 Å². The highest BCUT2D eigenvalue weighted by Crippen LogP contribution is 2.68. The van der Waals surface area contributed by atoms with Crippen LogP contribution in [0.5, 0.6) is 0 Å². The van der Waals surface area contributed by atoms with Crippen molar-refractivity contribution < 1.29 is 24.6 Å². The first kappa shape index (κ1) is 26.3. The molecule has 2 aromatic rings. The van der Waals surface area contributed by atoms with E-state index in [-0.39, 0.29) is 22.5 Å². The number of halogens is 2. The average Bonchev–Trinajstić information content (AvgIpc) is 3.48. The molecular weight excluding hydrogens is 580 g/mol. The van der Waals surface area contributed by atoms with Gasteiger partial charge in [-0.05, 0) is 36.2 Å². The second-order valence-corrected chi connectivity index (χ2v) is 12.7. The second kappa shape index (κ2) is 10.1. The van der Waals surface area contributed by atoms with Gasteiger partial charge in [0.1, 0.15) is 6.04 Å². The molecule has 3 aliphatic rings. The third-order valence-corrected chi connectivity index (χ3v) is 11.1. The molecule has 37 heavy (non-hydrogen) atoms. The van der Waals surface area contributed by atoms with E-state index in [2.05, 4.69) is 22.5 Å². The van der Waals surface area contributed by atoms with Crippen molar-refractivity contribution >= 4 is 62.8 Å². The summed E-state index contributed by atoms with van der Waals surface area (Å²) in [5.41, 5.74) is 1.26. The number of rotatable bonds is 8. The highest BCUT2D eigenvalue weighted by atomic mass is 79.9. The van der Waals surface area contributed by atoms with Gasteiger partial charge in [0, 0.05) is 27.3 Å². The minimum atomic E-state index is -1.05. The Kier molecular flexibility index (Phi) is 7.17. The Balaban J connectivity index is 1.67. The van der Waals surface area contributed by atoms with Gasteiger partial charge >= 0.3 is 5.97 Å². The van der Waals surface area contributed by atoms with E-state index >= 15 is 0 Å². The van der Waals surface area contributed by atoms with E-state index in [4.69, 9.17) is 11.6 Å². The molecule has 0 aliphatic carbocycles. The first-order valence-electron chi connectivity index (χ1n) is 12.0. The monoisotopic (exact) mass is 604 g/mol. The number of anilines is 1. The van der Waals surface area contributed by atoms with Gasteiger partial charge in [-0.3, -0.25) is 14.4 Å². The molecule has 3 fully saturated rings. The number of likely N-dealkylation sites (tertiary alicyclic amines) is 1. The Labute approximate surface area is 232 Å². The molecule has 3 aliphatic heterocycles. The first-order chi connectivity index (χ1) is 17.7. The summed E-state index contributed by atoms with van der Waals surface area (Å²) in [6, 6.07) is 14.1. The van der Waals surface area contributed by atoms with Crippen LogP contribution in [0, 0.1) is 11.8 Å². The summed E-state index contributed by atoms with van der Waals surface area (Å²) in [4.78, 5) is 44.0. The molecule has 10 heteroatoms. The number of carbonyl (C=O) groups excluding carboxylic acids is 2. The number of nitrogens with zero attached hydrogens (tertiary/aromatic N) is 2. The van der Waals surface area contributed by atoms with Crippen LogP contribution < -0.4 is 4.90 Å². The molecule has 3 saturated heterocycles. The zero-order valence-corrected chi connectivity index (χ0v) is 22.9. The summed E-state index contributed by atoms with van der Waals surface area (Å²) in [5.74, 6) is -3.61. The number of carbonyl (C=O) groups is 3. The molecule has 7 nitrogen and oxygen atoms in total. The molecule has 2 aromatic carbocycles. The number of thioether (sulfide) groups is 1. The number of carboxylic acids is 1. The van der Waals surface area contributed by atoms with E-state index in [9.17, 15) is 24.6 Å². The fourth-order valence-electron chi connectivity index (χ4n) is 6.21. The lowest BCUT2D eigenvalue weighted by atomic mass is 9.71. The lowest BCUT2D eigenvalue weighted by Crippen LogP contribution is -2.56. The topological polar surface area (TPSA) is 98.2 Å². The van der Waals surface area contributed by atoms with Gasteiger partial charge < -0.3 is 20.0 Å². The lowest BCUT2D eigenvalue weighted by Gasteiger charge is -2.40. The van der Waals surface area contributed by atoms with Crippen molar-refractivity contribution in [2.75, 3.05) is 18.1 Å². The Morgan fingerprint density at radius 3 is 2.51 bits per heavy atom. The Morgan fingerprint density at radius 2 is 1.92 bits per heavy atom. The van der Waals surface area contributed by atoms with Gasteiger partial charge in [0.05, 0.1) is 29.2 Å². The van der Waals surface area contributed by atoms with E-state index < -0.39 is 47.1 Å². The smallest absolute Gasteiger partial charge is 0.308 e. The van der Waals surface area contributed by atoms with E-state index in [1.807, 2.05) is 6.07 Å². The van der Waals surface area contributed by atoms with Crippen molar-refractivity contribution in [3.8, 4) is 0 Å². The van der Waals surface area contributed by atoms with Crippen molar-refractivity contribution in [1.82, 2.24) is 4.90 Å². The molecule has 0 aromatic heterocycles. The molecule has 2 amide bonds. The highest BCUT2D eigenvalue weighted by Gasteiger charge is 2.76. The van der Waals surface area contributed by atoms with Crippen LogP contribution in [-0.2, 0) is 14.4 Å². The quantitative estimate of drug-likeness (QED) is 0.347.